The zero-order valence-electron chi connectivity index (χ0n) is 11.4. The maximum absolute atomic E-state index is 9.24. The summed E-state index contributed by atoms with van der Waals surface area (Å²) in [7, 11) is 3.01. The maximum Gasteiger partial charge on any atom is 0.324 e. The van der Waals surface area contributed by atoms with Gasteiger partial charge in [-0.05, 0) is 12.8 Å². The van der Waals surface area contributed by atoms with Gasteiger partial charge in [-0.3, -0.25) is 0 Å². The van der Waals surface area contributed by atoms with E-state index in [9.17, 15) is 5.11 Å². The second kappa shape index (κ2) is 6.51. The van der Waals surface area contributed by atoms with Gasteiger partial charge in [-0.2, -0.15) is 9.97 Å². The standard InChI is InChI=1S/C12H20N4O3/c1-18-11-13-10(14-12(15-11)19-2)16(7-8-17)9-5-3-4-6-9/h9,17H,3-8H2,1-2H3. The van der Waals surface area contributed by atoms with Crippen LogP contribution in [0.3, 0.4) is 0 Å². The van der Waals surface area contributed by atoms with Gasteiger partial charge in [0.05, 0.1) is 20.8 Å². The van der Waals surface area contributed by atoms with Gasteiger partial charge in [0.2, 0.25) is 5.95 Å². The van der Waals surface area contributed by atoms with E-state index < -0.39 is 0 Å². The Morgan fingerprint density at radius 1 is 1.11 bits per heavy atom. The topological polar surface area (TPSA) is 80.6 Å². The first-order valence-corrected chi connectivity index (χ1v) is 6.50. The van der Waals surface area contributed by atoms with Crippen LogP contribution in [0.15, 0.2) is 0 Å². The molecule has 0 saturated heterocycles. The molecule has 7 heteroatoms. The number of aliphatic hydroxyl groups excluding tert-OH is 1. The predicted octanol–water partition coefficient (Wildman–Crippen LogP) is 0.630. The Hall–Kier alpha value is -1.63. The van der Waals surface area contributed by atoms with Crippen LogP contribution in [0.2, 0.25) is 0 Å². The van der Waals surface area contributed by atoms with Crippen molar-refractivity contribution in [1.29, 1.82) is 0 Å². The molecule has 0 atom stereocenters. The van der Waals surface area contributed by atoms with E-state index in [0.717, 1.165) is 12.8 Å². The third-order valence-corrected chi connectivity index (χ3v) is 3.31. The SMILES string of the molecule is COc1nc(OC)nc(N(CCO)C2CCCC2)n1. The van der Waals surface area contributed by atoms with E-state index in [4.69, 9.17) is 9.47 Å². The maximum atomic E-state index is 9.24. The Morgan fingerprint density at radius 2 is 1.68 bits per heavy atom. The fourth-order valence-corrected chi connectivity index (χ4v) is 2.41. The van der Waals surface area contributed by atoms with Gasteiger partial charge < -0.3 is 19.5 Å². The Bertz CT molecular complexity index is 388. The molecule has 0 aliphatic heterocycles. The average molecular weight is 268 g/mol. The summed E-state index contributed by atoms with van der Waals surface area (Å²) in [5.74, 6) is 0.504. The number of rotatable bonds is 6. The largest absolute Gasteiger partial charge is 0.467 e. The van der Waals surface area contributed by atoms with Crippen molar-refractivity contribution < 1.29 is 14.6 Å². The van der Waals surface area contributed by atoms with E-state index in [2.05, 4.69) is 15.0 Å². The summed E-state index contributed by atoms with van der Waals surface area (Å²) in [5, 5.41) is 9.24. The van der Waals surface area contributed by atoms with Gasteiger partial charge in [-0.15, -0.1) is 4.98 Å². The van der Waals surface area contributed by atoms with Crippen molar-refractivity contribution in [1.82, 2.24) is 15.0 Å². The number of hydrogen-bond donors (Lipinski definition) is 1. The van der Waals surface area contributed by atoms with Crippen LogP contribution < -0.4 is 14.4 Å². The number of aromatic nitrogens is 3. The van der Waals surface area contributed by atoms with Gasteiger partial charge >= 0.3 is 12.0 Å². The smallest absolute Gasteiger partial charge is 0.324 e. The molecule has 7 nitrogen and oxygen atoms in total. The summed E-state index contributed by atoms with van der Waals surface area (Å²) in [4.78, 5) is 14.5. The minimum Gasteiger partial charge on any atom is -0.467 e. The van der Waals surface area contributed by atoms with Crippen molar-refractivity contribution in [2.24, 2.45) is 0 Å². The van der Waals surface area contributed by atoms with Crippen molar-refractivity contribution in [2.75, 3.05) is 32.3 Å². The Morgan fingerprint density at radius 3 is 2.16 bits per heavy atom. The number of hydrogen-bond acceptors (Lipinski definition) is 7. The molecule has 1 aliphatic rings. The first-order chi connectivity index (χ1) is 9.28. The quantitative estimate of drug-likeness (QED) is 0.810. The van der Waals surface area contributed by atoms with Gasteiger partial charge in [0.1, 0.15) is 0 Å². The van der Waals surface area contributed by atoms with Crippen LogP contribution in [0.5, 0.6) is 12.0 Å². The highest BCUT2D eigenvalue weighted by atomic mass is 16.5. The molecule has 0 bridgehead atoms. The third kappa shape index (κ3) is 3.23. The average Bonchev–Trinajstić information content (AvgIpc) is 2.97. The van der Waals surface area contributed by atoms with Gasteiger partial charge in [0, 0.05) is 12.6 Å². The Labute approximate surface area is 112 Å². The van der Waals surface area contributed by atoms with Crippen molar-refractivity contribution in [2.45, 2.75) is 31.7 Å². The molecular weight excluding hydrogens is 248 g/mol. The summed E-state index contributed by atoms with van der Waals surface area (Å²) in [5.41, 5.74) is 0. The van der Waals surface area contributed by atoms with E-state index in [1.807, 2.05) is 4.90 Å². The van der Waals surface area contributed by atoms with E-state index >= 15 is 0 Å². The molecule has 0 radical (unpaired) electrons. The highest BCUT2D eigenvalue weighted by molar-refractivity contribution is 5.34. The normalized spacial score (nSPS) is 15.5. The molecule has 1 saturated carbocycles. The molecule has 0 amide bonds. The summed E-state index contributed by atoms with van der Waals surface area (Å²) in [6.07, 6.45) is 4.59. The first kappa shape index (κ1) is 13.8. The van der Waals surface area contributed by atoms with Crippen LogP contribution in [-0.4, -0.2) is 53.5 Å². The van der Waals surface area contributed by atoms with Crippen LogP contribution in [0, 0.1) is 0 Å². The summed E-state index contributed by atoms with van der Waals surface area (Å²) < 4.78 is 10.1. The van der Waals surface area contributed by atoms with Crippen LogP contribution in [0.1, 0.15) is 25.7 Å². The number of ether oxygens (including phenoxy) is 2. The van der Waals surface area contributed by atoms with Crippen LogP contribution >= 0.6 is 0 Å². The second-order valence-electron chi connectivity index (χ2n) is 4.46. The van der Waals surface area contributed by atoms with Crippen molar-refractivity contribution >= 4 is 5.95 Å². The van der Waals surface area contributed by atoms with Crippen LogP contribution in [0.4, 0.5) is 5.95 Å². The summed E-state index contributed by atoms with van der Waals surface area (Å²) in [6, 6.07) is 0.814. The van der Waals surface area contributed by atoms with Crippen LogP contribution in [-0.2, 0) is 0 Å². The van der Waals surface area contributed by atoms with Gasteiger partial charge in [-0.25, -0.2) is 0 Å². The zero-order chi connectivity index (χ0) is 13.7. The van der Waals surface area contributed by atoms with E-state index in [1.165, 1.54) is 27.1 Å². The van der Waals surface area contributed by atoms with Gasteiger partial charge in [-0.1, -0.05) is 12.8 Å². The molecule has 2 rings (SSSR count). The van der Waals surface area contributed by atoms with Crippen LogP contribution in [0.25, 0.3) is 0 Å². The molecule has 1 aromatic rings. The van der Waals surface area contributed by atoms with E-state index in [-0.39, 0.29) is 18.6 Å². The summed E-state index contributed by atoms with van der Waals surface area (Å²) >= 11 is 0. The van der Waals surface area contributed by atoms with Crippen molar-refractivity contribution in [3.63, 3.8) is 0 Å². The molecule has 1 fully saturated rings. The number of aliphatic hydroxyl groups is 1. The Balaban J connectivity index is 2.28. The lowest BCUT2D eigenvalue weighted by Gasteiger charge is -2.28. The lowest BCUT2D eigenvalue weighted by molar-refractivity contribution is 0.294. The molecule has 1 aliphatic carbocycles. The minimum atomic E-state index is 0.0623. The Kier molecular flexibility index (Phi) is 4.73. The number of methoxy groups -OCH3 is 2. The molecule has 1 N–H and O–H groups in total. The first-order valence-electron chi connectivity index (χ1n) is 6.50. The molecule has 0 aromatic carbocycles. The highest BCUT2D eigenvalue weighted by Gasteiger charge is 2.25. The second-order valence-corrected chi connectivity index (χ2v) is 4.46. The zero-order valence-corrected chi connectivity index (χ0v) is 11.4. The molecular formula is C12H20N4O3. The molecule has 19 heavy (non-hydrogen) atoms. The monoisotopic (exact) mass is 268 g/mol. The fourth-order valence-electron chi connectivity index (χ4n) is 2.41. The molecule has 0 spiro atoms. The number of nitrogens with zero attached hydrogens (tertiary/aromatic N) is 4. The molecule has 0 unspecified atom stereocenters. The van der Waals surface area contributed by atoms with Crippen molar-refractivity contribution in [3.8, 4) is 12.0 Å². The minimum absolute atomic E-state index is 0.0623. The lowest BCUT2D eigenvalue weighted by Crippen LogP contribution is -2.37. The lowest BCUT2D eigenvalue weighted by atomic mass is 10.2. The number of anilines is 1. The van der Waals surface area contributed by atoms with Gasteiger partial charge in [0.15, 0.2) is 0 Å². The molecule has 1 heterocycles. The third-order valence-electron chi connectivity index (χ3n) is 3.31. The molecule has 106 valence electrons. The highest BCUT2D eigenvalue weighted by Crippen LogP contribution is 2.27. The van der Waals surface area contributed by atoms with Gasteiger partial charge in [0.25, 0.3) is 0 Å². The van der Waals surface area contributed by atoms with Crippen molar-refractivity contribution in [3.05, 3.63) is 0 Å². The fraction of sp³-hybridized carbons (Fsp3) is 0.750. The van der Waals surface area contributed by atoms with E-state index in [0.29, 0.717) is 18.5 Å². The molecule has 1 aromatic heterocycles. The van der Waals surface area contributed by atoms with E-state index in [1.54, 1.807) is 0 Å². The summed E-state index contributed by atoms with van der Waals surface area (Å²) in [6.45, 7) is 0.563. The predicted molar refractivity (Wildman–Crippen MR) is 69.6 cm³/mol.